The number of halogens is 2. The van der Waals surface area contributed by atoms with E-state index in [1.807, 2.05) is 4.72 Å². The maximum Gasteiger partial charge on any atom is 0.264 e. The molecule has 2 aromatic carbocycles. The number of thiol groups is 1. The van der Waals surface area contributed by atoms with E-state index in [4.69, 9.17) is 0 Å². The number of fused-ring (bicyclic) bond motifs is 1. The maximum absolute atomic E-state index is 13.7. The molecule has 25 heavy (non-hydrogen) atoms. The van der Waals surface area contributed by atoms with Crippen LogP contribution in [0.4, 0.5) is 14.5 Å². The average Bonchev–Trinajstić information content (AvgIpc) is 2.94. The van der Waals surface area contributed by atoms with Crippen LogP contribution in [0, 0.1) is 11.6 Å². The Bertz CT molecular complexity index is 1130. The van der Waals surface area contributed by atoms with E-state index in [9.17, 15) is 25.6 Å². The summed E-state index contributed by atoms with van der Waals surface area (Å²) in [7, 11) is -6.79. The molecule has 0 saturated heterocycles. The monoisotopic (exact) mass is 386 g/mol. The van der Waals surface area contributed by atoms with Crippen molar-refractivity contribution in [1.29, 1.82) is 0 Å². The van der Waals surface area contributed by atoms with Gasteiger partial charge in [-0.3, -0.25) is 4.72 Å². The third kappa shape index (κ3) is 3.64. The number of anilines is 1. The average molecular weight is 386 g/mol. The number of hydrogen-bond donors (Lipinski definition) is 3. The van der Waals surface area contributed by atoms with E-state index in [-0.39, 0.29) is 10.6 Å². The smallest absolute Gasteiger partial charge is 0.264 e. The molecule has 0 saturated carbocycles. The van der Waals surface area contributed by atoms with Crippen LogP contribution in [0.15, 0.2) is 47.5 Å². The molecule has 1 heterocycles. The van der Waals surface area contributed by atoms with Crippen LogP contribution in [0.2, 0.25) is 0 Å². The molecule has 0 atom stereocenters. The predicted molar refractivity (Wildman–Crippen MR) is 89.5 cm³/mol. The fraction of sp³-hybridized carbons (Fsp3) is 0.0667. The molecule has 0 spiro atoms. The first-order valence-corrected chi connectivity index (χ1v) is 9.80. The van der Waals surface area contributed by atoms with Crippen molar-refractivity contribution < 1.29 is 25.6 Å². The SMILES string of the molecule is O=[SH](=O)Cc1ccc2c(S(=O)(=O)Nc3cc(F)ccc3F)c[nH]c2c1. The summed E-state index contributed by atoms with van der Waals surface area (Å²) in [5, 5.41) is 0.300. The lowest BCUT2D eigenvalue weighted by Gasteiger charge is -2.08. The molecule has 2 N–H and O–H groups in total. The number of nitrogens with one attached hydrogen (secondary N) is 2. The van der Waals surface area contributed by atoms with E-state index >= 15 is 0 Å². The molecular formula is C15H12F2N2O4S2. The maximum atomic E-state index is 13.7. The van der Waals surface area contributed by atoms with Crippen molar-refractivity contribution in [3.05, 3.63) is 59.8 Å². The number of benzene rings is 2. The van der Waals surface area contributed by atoms with E-state index in [2.05, 4.69) is 4.98 Å². The number of sulfonamides is 1. The first-order chi connectivity index (χ1) is 11.8. The summed E-state index contributed by atoms with van der Waals surface area (Å²) in [5.41, 5.74) is 0.405. The lowest BCUT2D eigenvalue weighted by atomic mass is 10.2. The highest BCUT2D eigenvalue weighted by Crippen LogP contribution is 2.27. The molecule has 3 rings (SSSR count). The minimum Gasteiger partial charge on any atom is -0.360 e. The molecule has 0 bridgehead atoms. The summed E-state index contributed by atoms with van der Waals surface area (Å²) >= 11 is 0. The van der Waals surface area contributed by atoms with Gasteiger partial charge in [-0.1, -0.05) is 12.1 Å². The van der Waals surface area contributed by atoms with Crippen LogP contribution in [-0.4, -0.2) is 21.8 Å². The summed E-state index contributed by atoms with van der Waals surface area (Å²) in [5.74, 6) is -1.86. The second kappa shape index (κ2) is 6.45. The molecule has 1 aromatic heterocycles. The topological polar surface area (TPSA) is 96.1 Å². The van der Waals surface area contributed by atoms with Gasteiger partial charge >= 0.3 is 0 Å². The molecule has 0 amide bonds. The van der Waals surface area contributed by atoms with Crippen molar-refractivity contribution >= 4 is 37.3 Å². The normalized spacial score (nSPS) is 12.0. The number of aromatic nitrogens is 1. The van der Waals surface area contributed by atoms with Gasteiger partial charge in [-0.15, -0.1) is 0 Å². The van der Waals surface area contributed by atoms with Gasteiger partial charge in [-0.2, -0.15) is 0 Å². The summed E-state index contributed by atoms with van der Waals surface area (Å²) in [6, 6.07) is 6.90. The standard InChI is InChI=1S/C15H12F2N2O4S2/c16-10-2-4-12(17)14(6-10)19-25(22,23)15-7-18-13-5-9(8-24(20)21)1-3-11(13)15/h1-7,18-19,24H,8H2. The van der Waals surface area contributed by atoms with Crippen LogP contribution in [0.1, 0.15) is 5.56 Å². The highest BCUT2D eigenvalue weighted by molar-refractivity contribution is 7.93. The fourth-order valence-electron chi connectivity index (χ4n) is 2.39. The third-order valence-electron chi connectivity index (χ3n) is 3.48. The number of aromatic amines is 1. The summed E-state index contributed by atoms with van der Waals surface area (Å²) < 4.78 is 75.4. The third-order valence-corrected chi connectivity index (χ3v) is 5.51. The Morgan fingerprint density at radius 3 is 2.56 bits per heavy atom. The summed E-state index contributed by atoms with van der Waals surface area (Å²) in [6.45, 7) is 0. The molecule has 0 aliphatic heterocycles. The molecule has 0 radical (unpaired) electrons. The van der Waals surface area contributed by atoms with Crippen molar-refractivity contribution in [3.63, 3.8) is 0 Å². The Morgan fingerprint density at radius 2 is 1.84 bits per heavy atom. The highest BCUT2D eigenvalue weighted by atomic mass is 32.2. The van der Waals surface area contributed by atoms with Crippen molar-refractivity contribution in [2.45, 2.75) is 10.6 Å². The van der Waals surface area contributed by atoms with Crippen LogP contribution in [0.25, 0.3) is 10.9 Å². The molecule has 0 aliphatic carbocycles. The molecule has 10 heteroatoms. The van der Waals surface area contributed by atoms with Gasteiger partial charge in [0.2, 0.25) is 0 Å². The second-order valence-corrected chi connectivity index (χ2v) is 7.89. The van der Waals surface area contributed by atoms with E-state index in [0.29, 0.717) is 16.5 Å². The Hall–Kier alpha value is -2.46. The fourth-order valence-corrected chi connectivity index (χ4v) is 4.12. The van der Waals surface area contributed by atoms with E-state index < -0.39 is 38.0 Å². The molecule has 3 aromatic rings. The second-order valence-electron chi connectivity index (χ2n) is 5.25. The van der Waals surface area contributed by atoms with Crippen molar-refractivity contribution in [2.24, 2.45) is 0 Å². The molecule has 0 fully saturated rings. The lowest BCUT2D eigenvalue weighted by Crippen LogP contribution is -2.13. The Morgan fingerprint density at radius 1 is 1.08 bits per heavy atom. The van der Waals surface area contributed by atoms with Crippen molar-refractivity contribution in [3.8, 4) is 0 Å². The Balaban J connectivity index is 2.01. The first kappa shape index (κ1) is 17.4. The van der Waals surface area contributed by atoms with Crippen LogP contribution in [0.5, 0.6) is 0 Å². The van der Waals surface area contributed by atoms with Gasteiger partial charge in [0.25, 0.3) is 10.0 Å². The quantitative estimate of drug-likeness (QED) is 0.587. The zero-order valence-electron chi connectivity index (χ0n) is 12.5. The van der Waals surface area contributed by atoms with Gasteiger partial charge in [0, 0.05) is 23.2 Å². The molecule has 0 unspecified atom stereocenters. The van der Waals surface area contributed by atoms with Gasteiger partial charge in [0.1, 0.15) is 27.2 Å². The van der Waals surface area contributed by atoms with Gasteiger partial charge in [-0.25, -0.2) is 25.6 Å². The predicted octanol–water partition coefficient (Wildman–Crippen LogP) is 2.36. The number of H-pyrrole nitrogens is 1. The molecule has 6 nitrogen and oxygen atoms in total. The summed E-state index contributed by atoms with van der Waals surface area (Å²) in [4.78, 5) is 2.57. The Labute approximate surface area is 143 Å². The van der Waals surface area contributed by atoms with Gasteiger partial charge < -0.3 is 4.98 Å². The van der Waals surface area contributed by atoms with Crippen LogP contribution >= 0.6 is 0 Å². The molecule has 132 valence electrons. The van der Waals surface area contributed by atoms with Crippen molar-refractivity contribution in [2.75, 3.05) is 4.72 Å². The van der Waals surface area contributed by atoms with E-state index in [1.54, 1.807) is 0 Å². The lowest BCUT2D eigenvalue weighted by molar-refractivity contribution is 0.595. The van der Waals surface area contributed by atoms with E-state index in [0.717, 1.165) is 18.2 Å². The highest BCUT2D eigenvalue weighted by Gasteiger charge is 2.21. The minimum atomic E-state index is -4.18. The van der Waals surface area contributed by atoms with Crippen LogP contribution in [0.3, 0.4) is 0 Å². The van der Waals surface area contributed by atoms with Gasteiger partial charge in [0.05, 0.1) is 11.4 Å². The molecule has 0 aliphatic rings. The van der Waals surface area contributed by atoms with Crippen molar-refractivity contribution in [1.82, 2.24) is 4.98 Å². The zero-order valence-corrected chi connectivity index (χ0v) is 14.2. The van der Waals surface area contributed by atoms with Crippen LogP contribution in [-0.2, 0) is 26.5 Å². The van der Waals surface area contributed by atoms with Crippen LogP contribution < -0.4 is 4.72 Å². The minimum absolute atomic E-state index is 0.163. The van der Waals surface area contributed by atoms with E-state index in [1.165, 1.54) is 24.4 Å². The Kier molecular flexibility index (Phi) is 4.48. The first-order valence-electron chi connectivity index (χ1n) is 6.96. The largest absolute Gasteiger partial charge is 0.360 e. The number of hydrogen-bond acceptors (Lipinski definition) is 4. The molecular weight excluding hydrogens is 374 g/mol. The van der Waals surface area contributed by atoms with Gasteiger partial charge in [0.15, 0.2) is 0 Å². The summed E-state index contributed by atoms with van der Waals surface area (Å²) in [6.07, 6.45) is 1.20. The number of rotatable bonds is 5. The zero-order chi connectivity index (χ0) is 18.2. The van der Waals surface area contributed by atoms with Gasteiger partial charge in [-0.05, 0) is 23.8 Å².